The van der Waals surface area contributed by atoms with Crippen LogP contribution in [0.5, 0.6) is 0 Å². The number of amides is 2. The van der Waals surface area contributed by atoms with Gasteiger partial charge in [-0.25, -0.2) is 4.98 Å². The van der Waals surface area contributed by atoms with E-state index < -0.39 is 0 Å². The van der Waals surface area contributed by atoms with Crippen molar-refractivity contribution in [3.05, 3.63) is 58.8 Å². The molecule has 114 valence electrons. The minimum Gasteiger partial charge on any atom is -0.453 e. The summed E-state index contributed by atoms with van der Waals surface area (Å²) in [5.74, 6) is -0.201. The Morgan fingerprint density at radius 3 is 2.30 bits per heavy atom. The fraction of sp³-hybridized carbons (Fsp3) is 0. The molecule has 7 heteroatoms. The lowest BCUT2D eigenvalue weighted by Gasteiger charge is -2.05. The van der Waals surface area contributed by atoms with E-state index in [1.165, 1.54) is 18.2 Å². The third-order valence-electron chi connectivity index (χ3n) is 3.07. The topological polar surface area (TPSA) is 115 Å². The SMILES string of the molecule is Nc1ccc2oc3ccccc3nc-2c1=O.O=C1C=CC(=O)N1. The normalized spacial score (nSPS) is 13.0. The number of aromatic nitrogens is 1. The minimum absolute atomic E-state index is 0.186. The van der Waals surface area contributed by atoms with E-state index in [-0.39, 0.29) is 28.6 Å². The molecule has 0 saturated carbocycles. The summed E-state index contributed by atoms with van der Waals surface area (Å²) in [6, 6.07) is 10.5. The summed E-state index contributed by atoms with van der Waals surface area (Å²) in [6.45, 7) is 0. The summed E-state index contributed by atoms with van der Waals surface area (Å²) in [7, 11) is 0. The van der Waals surface area contributed by atoms with E-state index >= 15 is 0 Å². The lowest BCUT2D eigenvalue weighted by atomic mass is 10.2. The molecule has 0 spiro atoms. The number of fused-ring (bicyclic) bond motifs is 2. The molecule has 2 aliphatic heterocycles. The van der Waals surface area contributed by atoms with Crippen LogP contribution in [-0.2, 0) is 9.59 Å². The molecule has 0 radical (unpaired) electrons. The van der Waals surface area contributed by atoms with Gasteiger partial charge in [0.2, 0.25) is 5.43 Å². The van der Waals surface area contributed by atoms with E-state index in [0.717, 1.165) is 0 Å². The largest absolute Gasteiger partial charge is 0.453 e. The maximum Gasteiger partial charge on any atom is 0.250 e. The zero-order valence-electron chi connectivity index (χ0n) is 11.8. The van der Waals surface area contributed by atoms with Crippen LogP contribution in [0.25, 0.3) is 22.6 Å². The molecule has 1 aromatic carbocycles. The first-order valence-corrected chi connectivity index (χ1v) is 6.66. The van der Waals surface area contributed by atoms with E-state index in [1.807, 2.05) is 23.5 Å². The zero-order chi connectivity index (χ0) is 16.4. The molecule has 0 bridgehead atoms. The van der Waals surface area contributed by atoms with Crippen molar-refractivity contribution < 1.29 is 14.0 Å². The number of para-hydroxylation sites is 2. The molecular weight excluding hydrogens is 298 g/mol. The number of rotatable bonds is 0. The number of nitrogens with one attached hydrogen (secondary N) is 1. The van der Waals surface area contributed by atoms with Gasteiger partial charge in [-0.05, 0) is 24.3 Å². The number of benzene rings is 2. The van der Waals surface area contributed by atoms with Gasteiger partial charge in [-0.3, -0.25) is 19.7 Å². The Morgan fingerprint density at radius 2 is 1.65 bits per heavy atom. The molecule has 3 aliphatic rings. The van der Waals surface area contributed by atoms with Crippen molar-refractivity contribution in [3.63, 3.8) is 0 Å². The van der Waals surface area contributed by atoms with Crippen molar-refractivity contribution in [1.82, 2.24) is 10.3 Å². The number of nitrogen functional groups attached to an aromatic ring is 1. The van der Waals surface area contributed by atoms with Gasteiger partial charge < -0.3 is 10.2 Å². The van der Waals surface area contributed by atoms with Gasteiger partial charge in [-0.1, -0.05) is 12.1 Å². The number of nitrogens with two attached hydrogens (primary N) is 1. The van der Waals surface area contributed by atoms with Gasteiger partial charge in [0.05, 0.1) is 5.69 Å². The molecule has 2 heterocycles. The highest BCUT2D eigenvalue weighted by molar-refractivity contribution is 6.12. The number of nitrogens with zero attached hydrogens (tertiary/aromatic N) is 1. The number of hydrogen-bond donors (Lipinski definition) is 2. The summed E-state index contributed by atoms with van der Waals surface area (Å²) in [6.07, 6.45) is 2.39. The average Bonchev–Trinajstić information content (AvgIpc) is 2.93. The van der Waals surface area contributed by atoms with Gasteiger partial charge in [-0.2, -0.15) is 0 Å². The molecule has 1 aromatic rings. The second-order valence-electron chi connectivity index (χ2n) is 4.70. The molecule has 7 nitrogen and oxygen atoms in total. The molecule has 0 aromatic heterocycles. The van der Waals surface area contributed by atoms with Crippen LogP contribution in [0.15, 0.2) is 57.8 Å². The first-order valence-electron chi connectivity index (χ1n) is 6.66. The Morgan fingerprint density at radius 1 is 0.957 bits per heavy atom. The van der Waals surface area contributed by atoms with Crippen LogP contribution in [0.2, 0.25) is 0 Å². The Labute approximate surface area is 129 Å². The molecule has 0 saturated heterocycles. The average molecular weight is 309 g/mol. The van der Waals surface area contributed by atoms with Gasteiger partial charge in [-0.15, -0.1) is 0 Å². The van der Waals surface area contributed by atoms with Crippen LogP contribution < -0.4 is 16.5 Å². The highest BCUT2D eigenvalue weighted by Crippen LogP contribution is 2.22. The number of carbonyl (C=O) groups is 2. The Balaban J connectivity index is 0.000000188. The smallest absolute Gasteiger partial charge is 0.250 e. The number of anilines is 1. The number of carbonyl (C=O) groups excluding carboxylic acids is 2. The maximum atomic E-state index is 11.7. The van der Waals surface area contributed by atoms with Crippen molar-refractivity contribution in [1.29, 1.82) is 0 Å². The molecule has 1 aliphatic carbocycles. The van der Waals surface area contributed by atoms with Gasteiger partial charge in [0.25, 0.3) is 11.8 Å². The van der Waals surface area contributed by atoms with Crippen LogP contribution >= 0.6 is 0 Å². The summed E-state index contributed by atoms with van der Waals surface area (Å²) in [5.41, 5.74) is 7.02. The van der Waals surface area contributed by atoms with Gasteiger partial charge >= 0.3 is 0 Å². The van der Waals surface area contributed by atoms with E-state index in [9.17, 15) is 14.4 Å². The molecule has 0 fully saturated rings. The maximum absolute atomic E-state index is 11.7. The monoisotopic (exact) mass is 309 g/mol. The van der Waals surface area contributed by atoms with Crippen molar-refractivity contribution in [2.24, 2.45) is 0 Å². The Hall–Kier alpha value is -3.48. The Bertz CT molecular complexity index is 959. The van der Waals surface area contributed by atoms with Crippen LogP contribution in [0.4, 0.5) is 5.69 Å². The van der Waals surface area contributed by atoms with E-state index in [1.54, 1.807) is 12.1 Å². The number of hydrogen-bond acceptors (Lipinski definition) is 6. The second kappa shape index (κ2) is 5.72. The zero-order valence-corrected chi connectivity index (χ0v) is 11.8. The van der Waals surface area contributed by atoms with Gasteiger partial charge in [0, 0.05) is 12.2 Å². The fourth-order valence-corrected chi connectivity index (χ4v) is 1.99. The van der Waals surface area contributed by atoms with Crippen molar-refractivity contribution in [3.8, 4) is 11.5 Å². The molecule has 2 amide bonds. The lowest BCUT2D eigenvalue weighted by molar-refractivity contribution is -0.123. The van der Waals surface area contributed by atoms with Crippen molar-refractivity contribution in [2.75, 3.05) is 5.73 Å². The molecule has 0 unspecified atom stereocenters. The van der Waals surface area contributed by atoms with Gasteiger partial charge in [0.15, 0.2) is 17.0 Å². The molecular formula is C16H11N3O4. The van der Waals surface area contributed by atoms with Crippen LogP contribution in [-0.4, -0.2) is 16.8 Å². The number of imide groups is 1. The van der Waals surface area contributed by atoms with Crippen molar-refractivity contribution in [2.45, 2.75) is 0 Å². The Kier molecular flexibility index (Phi) is 3.60. The third-order valence-corrected chi connectivity index (χ3v) is 3.07. The van der Waals surface area contributed by atoms with Crippen molar-refractivity contribution >= 4 is 28.6 Å². The first kappa shape index (κ1) is 14.5. The predicted octanol–water partition coefficient (Wildman–Crippen LogP) is 1.07. The van der Waals surface area contributed by atoms with Crippen LogP contribution in [0.3, 0.4) is 0 Å². The van der Waals surface area contributed by atoms with E-state index in [2.05, 4.69) is 4.98 Å². The summed E-state index contributed by atoms with van der Waals surface area (Å²) >= 11 is 0. The summed E-state index contributed by atoms with van der Waals surface area (Å²) in [4.78, 5) is 36.0. The highest BCUT2D eigenvalue weighted by Gasteiger charge is 2.13. The quantitative estimate of drug-likeness (QED) is 0.365. The van der Waals surface area contributed by atoms with Crippen LogP contribution in [0.1, 0.15) is 0 Å². The third kappa shape index (κ3) is 2.93. The second-order valence-corrected chi connectivity index (χ2v) is 4.70. The van der Waals surface area contributed by atoms with Gasteiger partial charge in [0.1, 0.15) is 5.52 Å². The summed E-state index contributed by atoms with van der Waals surface area (Å²) < 4.78 is 5.56. The molecule has 3 N–H and O–H groups in total. The van der Waals surface area contributed by atoms with E-state index in [4.69, 9.17) is 10.2 Å². The first-order chi connectivity index (χ1) is 11.0. The standard InChI is InChI=1S/C12H8N2O2.C4H3NO2/c13-7-5-6-10-11(12(7)15)14-8-3-1-2-4-9(8)16-10;6-3-1-2-4(7)5-3/h1-6H,13H2;1-2H,(H,5,6,7). The van der Waals surface area contributed by atoms with Crippen LogP contribution in [0, 0.1) is 0 Å². The molecule has 0 atom stereocenters. The fourth-order valence-electron chi connectivity index (χ4n) is 1.99. The minimum atomic E-state index is -0.329. The molecule has 23 heavy (non-hydrogen) atoms. The lowest BCUT2D eigenvalue weighted by Crippen LogP contribution is -2.19. The predicted molar refractivity (Wildman–Crippen MR) is 83.6 cm³/mol. The summed E-state index contributed by atoms with van der Waals surface area (Å²) in [5, 5.41) is 2.03. The van der Waals surface area contributed by atoms with E-state index in [0.29, 0.717) is 16.9 Å². The molecule has 4 rings (SSSR count). The highest BCUT2D eigenvalue weighted by atomic mass is 16.3.